The van der Waals surface area contributed by atoms with Gasteiger partial charge in [-0.3, -0.25) is 9.69 Å². The van der Waals surface area contributed by atoms with Gasteiger partial charge in [0, 0.05) is 13.0 Å². The molecule has 1 aromatic carbocycles. The summed E-state index contributed by atoms with van der Waals surface area (Å²) in [6, 6.07) is 6.05. The van der Waals surface area contributed by atoms with E-state index in [-0.39, 0.29) is 31.1 Å². The number of nitrogens with one attached hydrogen (secondary N) is 1. The molecule has 0 radical (unpaired) electrons. The second-order valence-electron chi connectivity index (χ2n) is 7.70. The van der Waals surface area contributed by atoms with E-state index in [1.807, 2.05) is 0 Å². The third-order valence-corrected chi connectivity index (χ3v) is 5.63. The molecule has 0 aliphatic carbocycles. The second-order valence-corrected chi connectivity index (χ2v) is 7.70. The average molecular weight is 448 g/mol. The second kappa shape index (κ2) is 8.47. The summed E-state index contributed by atoms with van der Waals surface area (Å²) in [5.74, 6) is -2.36. The Kier molecular flexibility index (Phi) is 5.86. The molecule has 1 amide bonds. The zero-order valence-electron chi connectivity index (χ0n) is 17.3. The lowest BCUT2D eigenvalue weighted by molar-refractivity contribution is -0.144. The molecule has 0 spiro atoms. The lowest BCUT2D eigenvalue weighted by Gasteiger charge is -2.41. The SMILES string of the molecule is CCC(=O)NC1(N2CN(Cc3cccc(F)c3)c3ncnc(N)c32)O[C@H](CO)[C@@H](O)[C@H]1O. The van der Waals surface area contributed by atoms with E-state index in [2.05, 4.69) is 15.3 Å². The number of nitrogens with zero attached hydrogens (tertiary/aromatic N) is 4. The number of hydrogen-bond donors (Lipinski definition) is 5. The number of anilines is 3. The highest BCUT2D eigenvalue weighted by molar-refractivity contribution is 5.84. The number of rotatable bonds is 6. The van der Waals surface area contributed by atoms with Crippen molar-refractivity contribution in [2.45, 2.75) is 44.1 Å². The van der Waals surface area contributed by atoms with E-state index in [1.54, 1.807) is 24.0 Å². The minimum Gasteiger partial charge on any atom is -0.394 e. The monoisotopic (exact) mass is 448 g/mol. The van der Waals surface area contributed by atoms with Crippen LogP contribution in [0.4, 0.5) is 21.7 Å². The molecule has 172 valence electrons. The van der Waals surface area contributed by atoms with Gasteiger partial charge in [-0.05, 0) is 17.7 Å². The van der Waals surface area contributed by atoms with Crippen molar-refractivity contribution in [1.82, 2.24) is 15.3 Å². The summed E-state index contributed by atoms with van der Waals surface area (Å²) in [7, 11) is 0. The predicted molar refractivity (Wildman–Crippen MR) is 112 cm³/mol. The first-order chi connectivity index (χ1) is 15.3. The number of amides is 1. The maximum absolute atomic E-state index is 13.7. The number of halogens is 1. The molecule has 2 aromatic rings. The Morgan fingerprint density at radius 1 is 1.41 bits per heavy atom. The normalized spacial score (nSPS) is 27.0. The van der Waals surface area contributed by atoms with Gasteiger partial charge in [0.25, 0.3) is 5.85 Å². The molecule has 2 aliphatic rings. The smallest absolute Gasteiger partial charge is 0.253 e. The van der Waals surface area contributed by atoms with Crippen molar-refractivity contribution in [3.8, 4) is 0 Å². The molecule has 3 heterocycles. The van der Waals surface area contributed by atoms with Crippen LogP contribution in [-0.4, -0.2) is 68.6 Å². The molecule has 1 fully saturated rings. The first kappa shape index (κ1) is 22.1. The quantitative estimate of drug-likeness (QED) is 0.382. The number of aliphatic hydroxyl groups is 3. The third kappa shape index (κ3) is 3.60. The molecule has 4 atom stereocenters. The minimum atomic E-state index is -1.94. The Morgan fingerprint density at radius 2 is 2.19 bits per heavy atom. The largest absolute Gasteiger partial charge is 0.394 e. The third-order valence-electron chi connectivity index (χ3n) is 5.63. The molecule has 32 heavy (non-hydrogen) atoms. The van der Waals surface area contributed by atoms with Crippen LogP contribution in [0.3, 0.4) is 0 Å². The van der Waals surface area contributed by atoms with Crippen molar-refractivity contribution < 1.29 is 29.2 Å². The highest BCUT2D eigenvalue weighted by Crippen LogP contribution is 2.45. The van der Waals surface area contributed by atoms with Gasteiger partial charge in [-0.2, -0.15) is 0 Å². The molecule has 1 saturated heterocycles. The Morgan fingerprint density at radius 3 is 2.84 bits per heavy atom. The van der Waals surface area contributed by atoms with Gasteiger partial charge in [0.1, 0.15) is 30.0 Å². The number of hydrogen-bond acceptors (Lipinski definition) is 10. The maximum atomic E-state index is 13.7. The maximum Gasteiger partial charge on any atom is 0.253 e. The van der Waals surface area contributed by atoms with E-state index in [0.29, 0.717) is 11.4 Å². The van der Waals surface area contributed by atoms with Crippen LogP contribution >= 0.6 is 0 Å². The number of benzene rings is 1. The molecule has 4 rings (SSSR count). The highest BCUT2D eigenvalue weighted by atomic mass is 19.1. The number of aromatic nitrogens is 2. The van der Waals surface area contributed by atoms with Gasteiger partial charge in [-0.15, -0.1) is 0 Å². The average Bonchev–Trinajstić information content (AvgIpc) is 3.26. The topological polar surface area (TPSA) is 157 Å². The number of nitrogen functional groups attached to an aromatic ring is 1. The molecule has 2 aliphatic heterocycles. The van der Waals surface area contributed by atoms with Gasteiger partial charge in [-0.25, -0.2) is 14.4 Å². The van der Waals surface area contributed by atoms with Crippen LogP contribution in [0.25, 0.3) is 0 Å². The molecule has 12 heteroatoms. The Balaban J connectivity index is 1.78. The Labute approximate surface area is 183 Å². The number of ether oxygens (including phenoxy) is 1. The number of carbonyl (C=O) groups excluding carboxylic acids is 1. The van der Waals surface area contributed by atoms with Gasteiger partial charge in [-0.1, -0.05) is 19.1 Å². The lowest BCUT2D eigenvalue weighted by atomic mass is 10.1. The van der Waals surface area contributed by atoms with E-state index in [1.165, 1.54) is 23.4 Å². The molecule has 0 saturated carbocycles. The van der Waals surface area contributed by atoms with Crippen molar-refractivity contribution >= 4 is 23.2 Å². The zero-order chi connectivity index (χ0) is 23.0. The van der Waals surface area contributed by atoms with Crippen molar-refractivity contribution in [3.63, 3.8) is 0 Å². The molecule has 1 aromatic heterocycles. The van der Waals surface area contributed by atoms with Crippen LogP contribution in [0.2, 0.25) is 0 Å². The summed E-state index contributed by atoms with van der Waals surface area (Å²) in [5, 5.41) is 33.7. The fourth-order valence-electron chi connectivity index (χ4n) is 4.07. The molecular formula is C20H25FN6O5. The summed E-state index contributed by atoms with van der Waals surface area (Å²) >= 11 is 0. The van der Waals surface area contributed by atoms with Crippen LogP contribution in [0.1, 0.15) is 18.9 Å². The van der Waals surface area contributed by atoms with Crippen LogP contribution < -0.4 is 20.9 Å². The van der Waals surface area contributed by atoms with Crippen molar-refractivity contribution in [2.24, 2.45) is 0 Å². The van der Waals surface area contributed by atoms with Crippen LogP contribution in [0, 0.1) is 5.82 Å². The van der Waals surface area contributed by atoms with Gasteiger partial charge < -0.3 is 36.0 Å². The number of aliphatic hydroxyl groups excluding tert-OH is 3. The van der Waals surface area contributed by atoms with E-state index in [4.69, 9.17) is 10.5 Å². The predicted octanol–water partition coefficient (Wildman–Crippen LogP) is -0.725. The van der Waals surface area contributed by atoms with E-state index in [0.717, 1.165) is 0 Å². The first-order valence-electron chi connectivity index (χ1n) is 10.1. The summed E-state index contributed by atoms with van der Waals surface area (Å²) in [4.78, 5) is 23.9. The van der Waals surface area contributed by atoms with Gasteiger partial charge >= 0.3 is 0 Å². The molecule has 0 bridgehead atoms. The Hall–Kier alpha value is -3.06. The first-order valence-corrected chi connectivity index (χ1v) is 10.1. The van der Waals surface area contributed by atoms with Gasteiger partial charge in [0.2, 0.25) is 5.91 Å². The van der Waals surface area contributed by atoms with Crippen molar-refractivity contribution in [2.75, 3.05) is 28.8 Å². The number of fused-ring (bicyclic) bond motifs is 1. The zero-order valence-corrected chi connectivity index (χ0v) is 17.3. The van der Waals surface area contributed by atoms with Crippen molar-refractivity contribution in [3.05, 3.63) is 42.0 Å². The van der Waals surface area contributed by atoms with Gasteiger partial charge in [0.15, 0.2) is 17.7 Å². The van der Waals surface area contributed by atoms with Gasteiger partial charge in [0.05, 0.1) is 13.3 Å². The van der Waals surface area contributed by atoms with Crippen LogP contribution in [0.5, 0.6) is 0 Å². The molecule has 11 nitrogen and oxygen atoms in total. The van der Waals surface area contributed by atoms with Crippen LogP contribution in [-0.2, 0) is 16.1 Å². The van der Waals surface area contributed by atoms with E-state index >= 15 is 0 Å². The molecule has 6 N–H and O–H groups in total. The fourth-order valence-corrected chi connectivity index (χ4v) is 4.07. The molecule has 1 unspecified atom stereocenters. The Bertz CT molecular complexity index is 1010. The standard InChI is InChI=1S/C20H25FN6O5/c1-2-14(29)25-20(17(31)16(30)13(8-28)32-20)27-10-26(7-11-4-3-5-12(21)6-11)19-15(27)18(22)23-9-24-19/h3-6,9,13,16-17,28,30-31H,2,7-8,10H2,1H3,(H,25,29)(H2,22,23,24)/t13-,16-,17-,20?/m1/s1. The van der Waals surface area contributed by atoms with E-state index in [9.17, 15) is 24.5 Å². The minimum absolute atomic E-state index is 0.0145. The summed E-state index contributed by atoms with van der Waals surface area (Å²) in [5.41, 5.74) is 7.06. The fraction of sp³-hybridized carbons (Fsp3) is 0.450. The number of nitrogens with two attached hydrogens (primary N) is 1. The summed E-state index contributed by atoms with van der Waals surface area (Å²) in [6.07, 6.45) is -2.92. The van der Waals surface area contributed by atoms with E-state index < -0.39 is 42.5 Å². The summed E-state index contributed by atoms with van der Waals surface area (Å²) in [6.45, 7) is 1.28. The molecular weight excluding hydrogens is 423 g/mol. The summed E-state index contributed by atoms with van der Waals surface area (Å²) < 4.78 is 19.6. The van der Waals surface area contributed by atoms with Crippen molar-refractivity contribution in [1.29, 1.82) is 0 Å². The lowest BCUT2D eigenvalue weighted by Crippen LogP contribution is -2.68. The highest BCUT2D eigenvalue weighted by Gasteiger charge is 2.61. The number of carbonyl (C=O) groups is 1. The van der Waals surface area contributed by atoms with Crippen LogP contribution in [0.15, 0.2) is 30.6 Å².